The summed E-state index contributed by atoms with van der Waals surface area (Å²) >= 11 is 0. The summed E-state index contributed by atoms with van der Waals surface area (Å²) in [6.07, 6.45) is 11.7. The Hall–Kier alpha value is -1.66. The number of rotatable bonds is 2. The first-order chi connectivity index (χ1) is 12.2. The normalized spacial score (nSPS) is 24.7. The van der Waals surface area contributed by atoms with Gasteiger partial charge >= 0.3 is 0 Å². The lowest BCUT2D eigenvalue weighted by Crippen LogP contribution is -2.35. The molecule has 1 spiro atoms. The third-order valence-corrected chi connectivity index (χ3v) is 6.73. The smallest absolute Gasteiger partial charge is 0.245 e. The molecule has 0 N–H and O–H groups in total. The number of amides is 1. The highest BCUT2D eigenvalue weighted by Gasteiger charge is 2.39. The van der Waals surface area contributed by atoms with Crippen molar-refractivity contribution in [2.45, 2.75) is 70.8 Å². The van der Waals surface area contributed by atoms with Crippen molar-refractivity contribution >= 4 is 11.9 Å². The first-order valence-electron chi connectivity index (χ1n) is 9.95. The lowest BCUT2D eigenvalue weighted by Gasteiger charge is -2.37. The standard InChI is InChI=1S/C18H30N6O/c1-15(25)22-11-4-12-23(14-13-22)17-19-20-21-24(17)16-5-9-18(10-6-16)7-2-3-8-18/h16H,2-14H2,1H3. The highest BCUT2D eigenvalue weighted by Crippen LogP contribution is 2.51. The molecule has 0 unspecified atom stereocenters. The zero-order valence-electron chi connectivity index (χ0n) is 15.4. The van der Waals surface area contributed by atoms with Crippen LogP contribution in [0, 0.1) is 5.41 Å². The summed E-state index contributed by atoms with van der Waals surface area (Å²) in [5.41, 5.74) is 0.634. The third kappa shape index (κ3) is 3.37. The van der Waals surface area contributed by atoms with E-state index < -0.39 is 0 Å². The maximum Gasteiger partial charge on any atom is 0.245 e. The van der Waals surface area contributed by atoms with E-state index in [2.05, 4.69) is 25.1 Å². The van der Waals surface area contributed by atoms with Gasteiger partial charge in [-0.2, -0.15) is 0 Å². The van der Waals surface area contributed by atoms with Crippen LogP contribution in [0.4, 0.5) is 5.95 Å². The van der Waals surface area contributed by atoms with E-state index in [1.54, 1.807) is 6.92 Å². The van der Waals surface area contributed by atoms with Crippen LogP contribution in [0.15, 0.2) is 0 Å². The Labute approximate surface area is 149 Å². The monoisotopic (exact) mass is 346 g/mol. The van der Waals surface area contributed by atoms with Crippen molar-refractivity contribution in [2.24, 2.45) is 5.41 Å². The zero-order valence-corrected chi connectivity index (χ0v) is 15.4. The van der Waals surface area contributed by atoms with Crippen LogP contribution in [0.3, 0.4) is 0 Å². The van der Waals surface area contributed by atoms with Gasteiger partial charge in [0.05, 0.1) is 6.04 Å². The molecule has 0 radical (unpaired) electrons. The molecule has 1 aliphatic heterocycles. The molecule has 7 nitrogen and oxygen atoms in total. The highest BCUT2D eigenvalue weighted by atomic mass is 16.2. The first-order valence-corrected chi connectivity index (χ1v) is 9.95. The Bertz CT molecular complexity index is 598. The third-order valence-electron chi connectivity index (χ3n) is 6.73. The predicted molar refractivity (Wildman–Crippen MR) is 95.3 cm³/mol. The van der Waals surface area contributed by atoms with Gasteiger partial charge in [-0.25, -0.2) is 4.68 Å². The lowest BCUT2D eigenvalue weighted by molar-refractivity contribution is -0.128. The van der Waals surface area contributed by atoms with Crippen LogP contribution < -0.4 is 4.90 Å². The van der Waals surface area contributed by atoms with Crippen LogP contribution in [-0.4, -0.2) is 57.2 Å². The van der Waals surface area contributed by atoms with Crippen LogP contribution >= 0.6 is 0 Å². The molecule has 0 aromatic carbocycles. The number of nitrogens with zero attached hydrogens (tertiary/aromatic N) is 6. The molecule has 25 heavy (non-hydrogen) atoms. The van der Waals surface area contributed by atoms with Gasteiger partial charge in [0.15, 0.2) is 0 Å². The molecule has 2 heterocycles. The fourth-order valence-electron chi connectivity index (χ4n) is 5.15. The molecule has 4 rings (SSSR count). The topological polar surface area (TPSA) is 67.2 Å². The molecule has 1 saturated heterocycles. The Balaban J connectivity index is 1.43. The first kappa shape index (κ1) is 16.8. The second-order valence-corrected chi connectivity index (χ2v) is 8.21. The van der Waals surface area contributed by atoms with Gasteiger partial charge in [-0.3, -0.25) is 4.79 Å². The number of hydrogen-bond acceptors (Lipinski definition) is 5. The van der Waals surface area contributed by atoms with Crippen molar-refractivity contribution in [3.63, 3.8) is 0 Å². The van der Waals surface area contributed by atoms with Gasteiger partial charge in [0.2, 0.25) is 11.9 Å². The van der Waals surface area contributed by atoms with E-state index in [-0.39, 0.29) is 5.91 Å². The summed E-state index contributed by atoms with van der Waals surface area (Å²) in [5.74, 6) is 1.06. The molecule has 0 bridgehead atoms. The van der Waals surface area contributed by atoms with Crippen LogP contribution in [-0.2, 0) is 4.79 Å². The Morgan fingerprint density at radius 1 is 1.00 bits per heavy atom. The number of tetrazole rings is 1. The van der Waals surface area contributed by atoms with Crippen LogP contribution in [0.25, 0.3) is 0 Å². The average molecular weight is 346 g/mol. The summed E-state index contributed by atoms with van der Waals surface area (Å²) in [7, 11) is 0. The van der Waals surface area contributed by atoms with Crippen molar-refractivity contribution in [3.05, 3.63) is 0 Å². The Kier molecular flexibility index (Phi) is 4.65. The number of carbonyl (C=O) groups is 1. The van der Waals surface area contributed by atoms with E-state index in [1.807, 2.05) is 4.90 Å². The molecule has 3 fully saturated rings. The Morgan fingerprint density at radius 3 is 2.48 bits per heavy atom. The molecule has 1 amide bonds. The van der Waals surface area contributed by atoms with Crippen molar-refractivity contribution in [2.75, 3.05) is 31.1 Å². The minimum atomic E-state index is 0.163. The van der Waals surface area contributed by atoms with Gasteiger partial charge < -0.3 is 9.80 Å². The maximum absolute atomic E-state index is 11.6. The Morgan fingerprint density at radius 2 is 1.76 bits per heavy atom. The molecule has 1 aromatic rings. The molecule has 2 aliphatic carbocycles. The summed E-state index contributed by atoms with van der Waals surface area (Å²) in [4.78, 5) is 15.8. The van der Waals surface area contributed by atoms with E-state index in [4.69, 9.17) is 0 Å². The molecular weight excluding hydrogens is 316 g/mol. The molecule has 0 atom stereocenters. The fourth-order valence-corrected chi connectivity index (χ4v) is 5.15. The van der Waals surface area contributed by atoms with Gasteiger partial charge in [-0.15, -0.1) is 0 Å². The second kappa shape index (κ2) is 6.92. The van der Waals surface area contributed by atoms with Gasteiger partial charge in [-0.1, -0.05) is 17.9 Å². The lowest BCUT2D eigenvalue weighted by atomic mass is 9.71. The van der Waals surface area contributed by atoms with E-state index in [0.717, 1.165) is 38.5 Å². The molecule has 2 saturated carbocycles. The van der Waals surface area contributed by atoms with Crippen LogP contribution in [0.1, 0.15) is 70.8 Å². The van der Waals surface area contributed by atoms with Crippen LogP contribution in [0.2, 0.25) is 0 Å². The highest BCUT2D eigenvalue weighted by molar-refractivity contribution is 5.73. The van der Waals surface area contributed by atoms with Crippen molar-refractivity contribution in [1.29, 1.82) is 0 Å². The second-order valence-electron chi connectivity index (χ2n) is 8.21. The predicted octanol–water partition coefficient (Wildman–Crippen LogP) is 2.41. The number of hydrogen-bond donors (Lipinski definition) is 0. The maximum atomic E-state index is 11.6. The largest absolute Gasteiger partial charge is 0.341 e. The summed E-state index contributed by atoms with van der Waals surface area (Å²) in [6.45, 7) is 4.98. The number of carbonyl (C=O) groups excluding carboxylic acids is 1. The minimum Gasteiger partial charge on any atom is -0.341 e. The average Bonchev–Trinajstić information content (AvgIpc) is 3.20. The van der Waals surface area contributed by atoms with E-state index in [0.29, 0.717) is 11.5 Å². The number of anilines is 1. The van der Waals surface area contributed by atoms with Gasteiger partial charge in [0.1, 0.15) is 0 Å². The van der Waals surface area contributed by atoms with Gasteiger partial charge in [0.25, 0.3) is 0 Å². The van der Waals surface area contributed by atoms with Crippen LogP contribution in [0.5, 0.6) is 0 Å². The summed E-state index contributed by atoms with van der Waals surface area (Å²) < 4.78 is 2.07. The minimum absolute atomic E-state index is 0.163. The van der Waals surface area contributed by atoms with E-state index in [1.165, 1.54) is 51.4 Å². The fraction of sp³-hybridized carbons (Fsp3) is 0.889. The van der Waals surface area contributed by atoms with Crippen molar-refractivity contribution in [3.8, 4) is 0 Å². The van der Waals surface area contributed by atoms with E-state index >= 15 is 0 Å². The molecule has 3 aliphatic rings. The molecular formula is C18H30N6O. The summed E-state index contributed by atoms with van der Waals surface area (Å²) in [5, 5.41) is 12.7. The SMILES string of the molecule is CC(=O)N1CCCN(c2nnnn2C2CCC3(CCCC3)CC2)CC1. The van der Waals surface area contributed by atoms with Crippen molar-refractivity contribution < 1.29 is 4.79 Å². The quantitative estimate of drug-likeness (QED) is 0.823. The van der Waals surface area contributed by atoms with E-state index in [9.17, 15) is 4.79 Å². The van der Waals surface area contributed by atoms with Crippen molar-refractivity contribution in [1.82, 2.24) is 25.1 Å². The number of aromatic nitrogens is 4. The van der Waals surface area contributed by atoms with Gasteiger partial charge in [-0.05, 0) is 60.8 Å². The van der Waals surface area contributed by atoms with Gasteiger partial charge in [0, 0.05) is 33.1 Å². The molecule has 1 aromatic heterocycles. The summed E-state index contributed by atoms with van der Waals surface area (Å²) in [6, 6.07) is 0.434. The molecule has 7 heteroatoms. The molecule has 138 valence electrons. The zero-order chi connectivity index (χ0) is 17.3.